The van der Waals surface area contributed by atoms with Crippen LogP contribution in [0.25, 0.3) is 0 Å². The second-order valence-electron chi connectivity index (χ2n) is 1.84. The Kier molecular flexibility index (Phi) is 2.37. The normalized spacial score (nSPS) is 9.09. The van der Waals surface area contributed by atoms with Gasteiger partial charge in [-0.1, -0.05) is 6.08 Å². The number of hydrogen-bond acceptors (Lipinski definition) is 5. The van der Waals surface area contributed by atoms with Crippen LogP contribution in [0.1, 0.15) is 0 Å². The van der Waals surface area contributed by atoms with Crippen molar-refractivity contribution in [1.29, 1.82) is 0 Å². The Hall–Kier alpha value is -1.65. The SMILES string of the molecule is C=CCNc1ncnc(N)n1. The van der Waals surface area contributed by atoms with Crippen LogP contribution in [0.5, 0.6) is 0 Å². The smallest absolute Gasteiger partial charge is 0.227 e. The van der Waals surface area contributed by atoms with Gasteiger partial charge in [0, 0.05) is 6.54 Å². The summed E-state index contributed by atoms with van der Waals surface area (Å²) >= 11 is 0. The highest BCUT2D eigenvalue weighted by atomic mass is 15.2. The lowest BCUT2D eigenvalue weighted by atomic mass is 10.6. The van der Waals surface area contributed by atoms with Crippen molar-refractivity contribution in [1.82, 2.24) is 15.0 Å². The number of nitrogens with one attached hydrogen (secondary N) is 1. The van der Waals surface area contributed by atoms with Gasteiger partial charge in [0.15, 0.2) is 0 Å². The lowest BCUT2D eigenvalue weighted by Gasteiger charge is -1.99. The van der Waals surface area contributed by atoms with E-state index in [1.54, 1.807) is 6.08 Å². The van der Waals surface area contributed by atoms with E-state index in [2.05, 4.69) is 26.8 Å². The fraction of sp³-hybridized carbons (Fsp3) is 0.167. The highest BCUT2D eigenvalue weighted by molar-refractivity contribution is 5.29. The van der Waals surface area contributed by atoms with Gasteiger partial charge < -0.3 is 11.1 Å². The number of aromatic nitrogens is 3. The van der Waals surface area contributed by atoms with Crippen molar-refractivity contribution < 1.29 is 0 Å². The molecule has 0 saturated carbocycles. The van der Waals surface area contributed by atoms with Gasteiger partial charge in [-0.2, -0.15) is 4.98 Å². The minimum atomic E-state index is 0.214. The molecule has 0 aromatic carbocycles. The molecule has 0 radical (unpaired) electrons. The molecular formula is C6H9N5. The van der Waals surface area contributed by atoms with E-state index in [4.69, 9.17) is 5.73 Å². The Morgan fingerprint density at radius 3 is 3.09 bits per heavy atom. The Morgan fingerprint density at radius 1 is 1.64 bits per heavy atom. The van der Waals surface area contributed by atoms with Crippen LogP contribution in [-0.4, -0.2) is 21.5 Å². The van der Waals surface area contributed by atoms with E-state index in [1.165, 1.54) is 6.33 Å². The van der Waals surface area contributed by atoms with Crippen molar-refractivity contribution in [3.05, 3.63) is 19.0 Å². The molecule has 0 spiro atoms. The molecule has 5 heteroatoms. The highest BCUT2D eigenvalue weighted by Gasteiger charge is 1.92. The van der Waals surface area contributed by atoms with Gasteiger partial charge in [0.05, 0.1) is 0 Å². The minimum absolute atomic E-state index is 0.214. The van der Waals surface area contributed by atoms with E-state index in [1.807, 2.05) is 0 Å². The molecule has 1 heterocycles. The van der Waals surface area contributed by atoms with Gasteiger partial charge >= 0.3 is 0 Å². The van der Waals surface area contributed by atoms with Gasteiger partial charge in [-0.15, -0.1) is 6.58 Å². The zero-order chi connectivity index (χ0) is 8.10. The molecule has 0 aliphatic rings. The summed E-state index contributed by atoms with van der Waals surface area (Å²) in [5.74, 6) is 0.684. The van der Waals surface area contributed by atoms with Crippen LogP contribution in [0.2, 0.25) is 0 Å². The second-order valence-corrected chi connectivity index (χ2v) is 1.84. The molecule has 0 atom stereocenters. The lowest BCUT2D eigenvalue weighted by Crippen LogP contribution is -2.05. The van der Waals surface area contributed by atoms with Crippen LogP contribution in [-0.2, 0) is 0 Å². The largest absolute Gasteiger partial charge is 0.368 e. The van der Waals surface area contributed by atoms with Crippen LogP contribution in [0, 0.1) is 0 Å². The first-order valence-electron chi connectivity index (χ1n) is 3.12. The third kappa shape index (κ3) is 2.21. The number of anilines is 2. The molecule has 5 nitrogen and oxygen atoms in total. The van der Waals surface area contributed by atoms with Crippen LogP contribution >= 0.6 is 0 Å². The Balaban J connectivity index is 2.63. The number of nitrogens with zero attached hydrogens (tertiary/aromatic N) is 3. The molecule has 0 aliphatic heterocycles. The predicted molar refractivity (Wildman–Crippen MR) is 42.9 cm³/mol. The van der Waals surface area contributed by atoms with Crippen molar-refractivity contribution in [2.24, 2.45) is 0 Å². The average molecular weight is 151 g/mol. The molecule has 3 N–H and O–H groups in total. The van der Waals surface area contributed by atoms with Gasteiger partial charge in [-0.25, -0.2) is 9.97 Å². The molecule has 11 heavy (non-hydrogen) atoms. The van der Waals surface area contributed by atoms with Gasteiger partial charge in [-0.3, -0.25) is 0 Å². The van der Waals surface area contributed by atoms with E-state index in [9.17, 15) is 0 Å². The summed E-state index contributed by atoms with van der Waals surface area (Å²) < 4.78 is 0. The number of rotatable bonds is 3. The maximum atomic E-state index is 5.30. The molecule has 0 bridgehead atoms. The summed E-state index contributed by atoms with van der Waals surface area (Å²) in [6.45, 7) is 4.15. The first-order valence-corrected chi connectivity index (χ1v) is 3.12. The third-order valence-corrected chi connectivity index (χ3v) is 0.995. The van der Waals surface area contributed by atoms with Crippen molar-refractivity contribution in [2.45, 2.75) is 0 Å². The number of hydrogen-bond donors (Lipinski definition) is 2. The van der Waals surface area contributed by atoms with Crippen LogP contribution in [0.3, 0.4) is 0 Å². The van der Waals surface area contributed by atoms with Crippen molar-refractivity contribution in [3.63, 3.8) is 0 Å². The molecule has 1 aromatic heterocycles. The van der Waals surface area contributed by atoms with Crippen LogP contribution in [0.4, 0.5) is 11.9 Å². The fourth-order valence-corrected chi connectivity index (χ4v) is 0.558. The van der Waals surface area contributed by atoms with Crippen LogP contribution in [0.15, 0.2) is 19.0 Å². The predicted octanol–water partition coefficient (Wildman–Crippen LogP) is 0.0517. The van der Waals surface area contributed by atoms with Gasteiger partial charge in [0.1, 0.15) is 6.33 Å². The second kappa shape index (κ2) is 3.50. The number of nitrogens with two attached hydrogens (primary N) is 1. The molecular weight excluding hydrogens is 142 g/mol. The molecule has 0 aliphatic carbocycles. The molecule has 0 saturated heterocycles. The molecule has 1 rings (SSSR count). The Labute approximate surface area is 64.4 Å². The van der Waals surface area contributed by atoms with E-state index < -0.39 is 0 Å². The molecule has 1 aromatic rings. The zero-order valence-electron chi connectivity index (χ0n) is 5.99. The zero-order valence-corrected chi connectivity index (χ0v) is 5.99. The Bertz CT molecular complexity index is 246. The van der Waals surface area contributed by atoms with Crippen LogP contribution < -0.4 is 11.1 Å². The topological polar surface area (TPSA) is 76.7 Å². The quantitative estimate of drug-likeness (QED) is 0.597. The molecule has 0 amide bonds. The summed E-state index contributed by atoms with van der Waals surface area (Å²) in [5, 5.41) is 2.87. The maximum absolute atomic E-state index is 5.30. The monoisotopic (exact) mass is 151 g/mol. The summed E-state index contributed by atoms with van der Waals surface area (Å²) in [6.07, 6.45) is 3.06. The third-order valence-electron chi connectivity index (χ3n) is 0.995. The van der Waals surface area contributed by atoms with Crippen molar-refractivity contribution in [3.8, 4) is 0 Å². The van der Waals surface area contributed by atoms with E-state index in [-0.39, 0.29) is 5.95 Å². The maximum Gasteiger partial charge on any atom is 0.227 e. The Morgan fingerprint density at radius 2 is 2.45 bits per heavy atom. The molecule has 0 fully saturated rings. The van der Waals surface area contributed by atoms with Gasteiger partial charge in [0.2, 0.25) is 11.9 Å². The average Bonchev–Trinajstić information content (AvgIpc) is 2.01. The molecule has 58 valence electrons. The van der Waals surface area contributed by atoms with Gasteiger partial charge in [-0.05, 0) is 0 Å². The summed E-state index contributed by atoms with van der Waals surface area (Å²) in [5.41, 5.74) is 5.30. The van der Waals surface area contributed by atoms with Crippen molar-refractivity contribution >= 4 is 11.9 Å². The number of nitrogen functional groups attached to an aromatic ring is 1. The fourth-order valence-electron chi connectivity index (χ4n) is 0.558. The van der Waals surface area contributed by atoms with E-state index in [0.29, 0.717) is 12.5 Å². The lowest BCUT2D eigenvalue weighted by molar-refractivity contribution is 1.05. The summed E-state index contributed by atoms with van der Waals surface area (Å²) in [7, 11) is 0. The van der Waals surface area contributed by atoms with Crippen molar-refractivity contribution in [2.75, 3.05) is 17.6 Å². The highest BCUT2D eigenvalue weighted by Crippen LogP contribution is 1.95. The standard InChI is InChI=1S/C6H9N5/c1-2-3-8-6-10-4-9-5(7)11-6/h2,4H,1,3H2,(H3,7,8,9,10,11). The first-order chi connectivity index (χ1) is 5.33. The first kappa shape index (κ1) is 7.46. The van der Waals surface area contributed by atoms with Gasteiger partial charge in [0.25, 0.3) is 0 Å². The molecule has 0 unspecified atom stereocenters. The van der Waals surface area contributed by atoms with E-state index >= 15 is 0 Å². The van der Waals surface area contributed by atoms with E-state index in [0.717, 1.165) is 0 Å². The minimum Gasteiger partial charge on any atom is -0.368 e. The summed E-state index contributed by atoms with van der Waals surface area (Å²) in [6, 6.07) is 0. The summed E-state index contributed by atoms with van der Waals surface area (Å²) in [4.78, 5) is 11.3.